The molecule has 1 aromatic heterocycles. The lowest BCUT2D eigenvalue weighted by molar-refractivity contribution is -0.138. The second-order valence-corrected chi connectivity index (χ2v) is 6.36. The molecule has 1 unspecified atom stereocenters. The maximum atomic E-state index is 10.9. The Kier molecular flexibility index (Phi) is 4.78. The van der Waals surface area contributed by atoms with E-state index in [1.54, 1.807) is 5.38 Å². The summed E-state index contributed by atoms with van der Waals surface area (Å²) in [4.78, 5) is 15.4. The average molecular weight is 298 g/mol. The van der Waals surface area contributed by atoms with Crippen molar-refractivity contribution in [2.45, 2.75) is 51.2 Å². The highest BCUT2D eigenvalue weighted by Crippen LogP contribution is 2.43. The van der Waals surface area contributed by atoms with Gasteiger partial charge in [0.25, 0.3) is 0 Å². The summed E-state index contributed by atoms with van der Waals surface area (Å²) in [7, 11) is 0. The second-order valence-electron chi connectivity index (χ2n) is 5.50. The molecule has 0 aromatic carbocycles. The lowest BCUT2D eigenvalue weighted by Gasteiger charge is -2.37. The number of hydrogen-bond acceptors (Lipinski definition) is 5. The van der Waals surface area contributed by atoms with Crippen LogP contribution >= 0.6 is 11.3 Å². The van der Waals surface area contributed by atoms with Crippen LogP contribution in [0.2, 0.25) is 0 Å². The Labute approximate surface area is 123 Å². The van der Waals surface area contributed by atoms with Gasteiger partial charge in [-0.05, 0) is 38.5 Å². The van der Waals surface area contributed by atoms with Gasteiger partial charge in [0.15, 0.2) is 0 Å². The molecule has 1 atom stereocenters. The molecule has 5 nitrogen and oxygen atoms in total. The van der Waals surface area contributed by atoms with Gasteiger partial charge in [0, 0.05) is 12.0 Å². The number of nitrogens with two attached hydrogens (primary N) is 1. The van der Waals surface area contributed by atoms with Gasteiger partial charge in [-0.3, -0.25) is 4.79 Å². The van der Waals surface area contributed by atoms with Crippen molar-refractivity contribution < 1.29 is 14.6 Å². The highest BCUT2D eigenvalue weighted by atomic mass is 32.1. The van der Waals surface area contributed by atoms with Crippen LogP contribution < -0.4 is 5.73 Å². The summed E-state index contributed by atoms with van der Waals surface area (Å²) in [6.07, 6.45) is 4.11. The van der Waals surface area contributed by atoms with Gasteiger partial charge in [-0.25, -0.2) is 4.98 Å². The summed E-state index contributed by atoms with van der Waals surface area (Å²) in [6, 6.07) is -1.05. The number of ether oxygens (including phenoxy) is 1. The third-order valence-electron chi connectivity index (χ3n) is 4.00. The second kappa shape index (κ2) is 6.20. The SMILES string of the molecule is CCOC1(c2nc(C(N)C(=O)O)cs2)CCC(C)CC1. The summed E-state index contributed by atoms with van der Waals surface area (Å²) in [5, 5.41) is 11.6. The van der Waals surface area contributed by atoms with Crippen molar-refractivity contribution in [1.82, 2.24) is 4.98 Å². The molecule has 0 amide bonds. The molecule has 1 aliphatic carbocycles. The van der Waals surface area contributed by atoms with E-state index >= 15 is 0 Å². The number of nitrogens with zero attached hydrogens (tertiary/aromatic N) is 1. The molecular formula is C14H22N2O3S. The monoisotopic (exact) mass is 298 g/mol. The highest BCUT2D eigenvalue weighted by molar-refractivity contribution is 7.09. The number of aromatic nitrogens is 1. The first-order valence-corrected chi connectivity index (χ1v) is 7.94. The van der Waals surface area contributed by atoms with E-state index in [0.29, 0.717) is 18.2 Å². The van der Waals surface area contributed by atoms with Gasteiger partial charge < -0.3 is 15.6 Å². The van der Waals surface area contributed by atoms with Crippen LogP contribution in [0.5, 0.6) is 0 Å². The maximum Gasteiger partial charge on any atom is 0.326 e. The Balaban J connectivity index is 2.24. The van der Waals surface area contributed by atoms with E-state index in [-0.39, 0.29) is 5.60 Å². The predicted octanol–water partition coefficient (Wildman–Crippen LogP) is 2.67. The van der Waals surface area contributed by atoms with Gasteiger partial charge in [-0.15, -0.1) is 11.3 Å². The molecule has 0 aliphatic heterocycles. The summed E-state index contributed by atoms with van der Waals surface area (Å²) in [5.41, 5.74) is 5.70. The Hall–Kier alpha value is -0.980. The Morgan fingerprint density at radius 1 is 1.65 bits per heavy atom. The zero-order valence-corrected chi connectivity index (χ0v) is 12.8. The van der Waals surface area contributed by atoms with Crippen molar-refractivity contribution in [2.75, 3.05) is 6.61 Å². The van der Waals surface area contributed by atoms with E-state index in [9.17, 15) is 4.79 Å². The van der Waals surface area contributed by atoms with E-state index in [1.807, 2.05) is 6.92 Å². The molecule has 1 saturated carbocycles. The van der Waals surface area contributed by atoms with Crippen molar-refractivity contribution in [3.8, 4) is 0 Å². The quantitative estimate of drug-likeness (QED) is 0.873. The van der Waals surface area contributed by atoms with Crippen LogP contribution in [-0.2, 0) is 15.1 Å². The van der Waals surface area contributed by atoms with Crippen molar-refractivity contribution in [3.63, 3.8) is 0 Å². The number of carboxylic acids is 1. The van der Waals surface area contributed by atoms with E-state index < -0.39 is 12.0 Å². The fourth-order valence-corrected chi connectivity index (χ4v) is 3.76. The zero-order valence-electron chi connectivity index (χ0n) is 12.0. The molecule has 0 saturated heterocycles. The normalized spacial score (nSPS) is 28.2. The van der Waals surface area contributed by atoms with Gasteiger partial charge in [-0.1, -0.05) is 6.92 Å². The first-order chi connectivity index (χ1) is 9.48. The minimum atomic E-state index is -1.05. The zero-order chi connectivity index (χ0) is 14.8. The minimum absolute atomic E-state index is 0.345. The Bertz CT molecular complexity index is 467. The van der Waals surface area contributed by atoms with Crippen LogP contribution in [0.15, 0.2) is 5.38 Å². The van der Waals surface area contributed by atoms with Gasteiger partial charge in [-0.2, -0.15) is 0 Å². The molecule has 1 aromatic rings. The number of carbonyl (C=O) groups is 1. The van der Waals surface area contributed by atoms with Crippen LogP contribution in [0, 0.1) is 5.92 Å². The van der Waals surface area contributed by atoms with Crippen LogP contribution in [0.4, 0.5) is 0 Å². The smallest absolute Gasteiger partial charge is 0.326 e. The molecule has 112 valence electrons. The summed E-state index contributed by atoms with van der Waals surface area (Å²) < 4.78 is 6.02. The maximum absolute atomic E-state index is 10.9. The molecule has 0 bridgehead atoms. The molecular weight excluding hydrogens is 276 g/mol. The molecule has 2 rings (SSSR count). The molecule has 20 heavy (non-hydrogen) atoms. The first kappa shape index (κ1) is 15.4. The van der Waals surface area contributed by atoms with Gasteiger partial charge in [0.2, 0.25) is 0 Å². The fourth-order valence-electron chi connectivity index (χ4n) is 2.69. The molecule has 6 heteroatoms. The summed E-state index contributed by atoms with van der Waals surface area (Å²) in [5.74, 6) is -0.339. The van der Waals surface area contributed by atoms with Crippen LogP contribution in [0.25, 0.3) is 0 Å². The van der Waals surface area contributed by atoms with Crippen LogP contribution in [0.3, 0.4) is 0 Å². The first-order valence-electron chi connectivity index (χ1n) is 7.06. The molecule has 3 N–H and O–H groups in total. The lowest BCUT2D eigenvalue weighted by Crippen LogP contribution is -2.34. The molecule has 0 radical (unpaired) electrons. The fraction of sp³-hybridized carbons (Fsp3) is 0.714. The van der Waals surface area contributed by atoms with E-state index in [0.717, 1.165) is 30.7 Å². The topological polar surface area (TPSA) is 85.4 Å². The van der Waals surface area contributed by atoms with E-state index in [4.69, 9.17) is 15.6 Å². The third-order valence-corrected chi connectivity index (χ3v) is 5.04. The van der Waals surface area contributed by atoms with Crippen LogP contribution in [-0.4, -0.2) is 22.7 Å². The number of aliphatic carboxylic acids is 1. The molecule has 0 spiro atoms. The van der Waals surface area contributed by atoms with Gasteiger partial charge in [0.1, 0.15) is 16.7 Å². The largest absolute Gasteiger partial charge is 0.480 e. The van der Waals surface area contributed by atoms with Crippen molar-refractivity contribution in [3.05, 3.63) is 16.1 Å². The van der Waals surface area contributed by atoms with Gasteiger partial charge >= 0.3 is 5.97 Å². The van der Waals surface area contributed by atoms with Crippen molar-refractivity contribution in [2.24, 2.45) is 11.7 Å². The Morgan fingerprint density at radius 3 is 2.85 bits per heavy atom. The van der Waals surface area contributed by atoms with Crippen molar-refractivity contribution >= 4 is 17.3 Å². The molecule has 1 heterocycles. The average Bonchev–Trinajstić information content (AvgIpc) is 2.91. The number of thiazole rings is 1. The van der Waals surface area contributed by atoms with Crippen molar-refractivity contribution in [1.29, 1.82) is 0 Å². The van der Waals surface area contributed by atoms with Gasteiger partial charge in [0.05, 0.1) is 5.69 Å². The standard InChI is InChI=1S/C14H22N2O3S/c1-3-19-14(6-4-9(2)5-7-14)13-16-10(8-20-13)11(15)12(17)18/h8-9,11H,3-7,15H2,1-2H3,(H,17,18). The minimum Gasteiger partial charge on any atom is -0.480 e. The molecule has 1 aliphatic rings. The lowest BCUT2D eigenvalue weighted by atomic mass is 9.79. The van der Waals surface area contributed by atoms with Crippen LogP contribution in [0.1, 0.15) is 56.3 Å². The summed E-state index contributed by atoms with van der Waals surface area (Å²) in [6.45, 7) is 4.87. The Morgan fingerprint density at radius 2 is 2.30 bits per heavy atom. The summed E-state index contributed by atoms with van der Waals surface area (Å²) >= 11 is 1.46. The third kappa shape index (κ3) is 3.02. The van der Waals surface area contributed by atoms with E-state index in [2.05, 4.69) is 11.9 Å². The number of rotatable bonds is 5. The number of hydrogen-bond donors (Lipinski definition) is 2. The number of carboxylic acid groups (broad SMARTS) is 1. The molecule has 1 fully saturated rings. The predicted molar refractivity (Wildman–Crippen MR) is 77.6 cm³/mol. The highest BCUT2D eigenvalue weighted by Gasteiger charge is 2.39. The van der Waals surface area contributed by atoms with E-state index in [1.165, 1.54) is 11.3 Å².